The van der Waals surface area contributed by atoms with E-state index in [-0.39, 0.29) is 18.6 Å². The van der Waals surface area contributed by atoms with Gasteiger partial charge in [0.15, 0.2) is 0 Å². The second-order valence-electron chi connectivity index (χ2n) is 6.66. The zero-order chi connectivity index (χ0) is 18.5. The van der Waals surface area contributed by atoms with Crippen LogP contribution in [-0.2, 0) is 11.2 Å². The predicted molar refractivity (Wildman–Crippen MR) is 102 cm³/mol. The van der Waals surface area contributed by atoms with Crippen LogP contribution >= 0.6 is 11.3 Å². The lowest BCUT2D eigenvalue weighted by Gasteiger charge is -2.23. The van der Waals surface area contributed by atoms with Crippen molar-refractivity contribution in [2.75, 3.05) is 13.1 Å². The molecule has 2 N–H and O–H groups in total. The third-order valence-electron chi connectivity index (χ3n) is 4.77. The Bertz CT molecular complexity index is 743. The summed E-state index contributed by atoms with van der Waals surface area (Å²) in [6.45, 7) is 2.91. The molecule has 26 heavy (non-hydrogen) atoms. The first-order valence-electron chi connectivity index (χ1n) is 8.99. The Balaban J connectivity index is 1.75. The van der Waals surface area contributed by atoms with Gasteiger partial charge in [0.25, 0.3) is 0 Å². The van der Waals surface area contributed by atoms with Crippen LogP contribution in [0, 0.1) is 5.92 Å². The highest BCUT2D eigenvalue weighted by molar-refractivity contribution is 7.10. The van der Waals surface area contributed by atoms with Crippen molar-refractivity contribution >= 4 is 23.3 Å². The summed E-state index contributed by atoms with van der Waals surface area (Å²) in [6, 6.07) is 11.9. The molecule has 0 spiro atoms. The summed E-state index contributed by atoms with van der Waals surface area (Å²) in [5.41, 5.74) is 2.32. The normalized spacial score (nSPS) is 17.9. The van der Waals surface area contributed by atoms with E-state index in [0.29, 0.717) is 13.0 Å². The molecule has 0 radical (unpaired) electrons. The molecular formula is C20H24N2O3S. The van der Waals surface area contributed by atoms with Crippen molar-refractivity contribution in [3.05, 3.63) is 57.8 Å². The Morgan fingerprint density at radius 1 is 1.31 bits per heavy atom. The fraction of sp³-hybridized carbons (Fsp3) is 0.400. The maximum Gasteiger partial charge on any atom is 0.318 e. The van der Waals surface area contributed by atoms with Crippen molar-refractivity contribution < 1.29 is 14.7 Å². The maximum absolute atomic E-state index is 12.7. The fourth-order valence-corrected chi connectivity index (χ4v) is 4.10. The van der Waals surface area contributed by atoms with E-state index < -0.39 is 11.9 Å². The Morgan fingerprint density at radius 2 is 2.08 bits per heavy atom. The highest BCUT2D eigenvalue weighted by atomic mass is 32.1. The number of urea groups is 1. The zero-order valence-electron chi connectivity index (χ0n) is 14.9. The number of nitrogens with zero attached hydrogens (tertiary/aromatic N) is 1. The summed E-state index contributed by atoms with van der Waals surface area (Å²) in [5.74, 6) is -1.30. The first kappa shape index (κ1) is 18.5. The van der Waals surface area contributed by atoms with Crippen LogP contribution in [-0.4, -0.2) is 35.1 Å². The van der Waals surface area contributed by atoms with Gasteiger partial charge in [-0.15, -0.1) is 11.3 Å². The Kier molecular flexibility index (Phi) is 5.93. The quantitative estimate of drug-likeness (QED) is 0.808. The van der Waals surface area contributed by atoms with Crippen molar-refractivity contribution in [2.45, 2.75) is 32.2 Å². The van der Waals surface area contributed by atoms with Crippen molar-refractivity contribution in [3.8, 4) is 0 Å². The molecule has 1 aliphatic rings. The minimum absolute atomic E-state index is 0.204. The lowest BCUT2D eigenvalue weighted by molar-refractivity contribution is -0.141. The number of aliphatic carboxylic acids is 1. The number of thiophene rings is 1. The van der Waals surface area contributed by atoms with Gasteiger partial charge in [0, 0.05) is 18.0 Å². The lowest BCUT2D eigenvalue weighted by atomic mass is 10.0. The van der Waals surface area contributed by atoms with Gasteiger partial charge in [-0.1, -0.05) is 43.7 Å². The van der Waals surface area contributed by atoms with Gasteiger partial charge in [-0.25, -0.2) is 4.79 Å². The Hall–Kier alpha value is -2.34. The molecule has 1 aliphatic heterocycles. The molecule has 0 aliphatic carbocycles. The predicted octanol–water partition coefficient (Wildman–Crippen LogP) is 3.91. The van der Waals surface area contributed by atoms with Crippen molar-refractivity contribution in [1.29, 1.82) is 0 Å². The van der Waals surface area contributed by atoms with E-state index in [9.17, 15) is 9.59 Å². The molecule has 2 heterocycles. The molecule has 6 heteroatoms. The van der Waals surface area contributed by atoms with E-state index in [1.165, 1.54) is 5.56 Å². The number of carbonyl (C=O) groups excluding carboxylic acids is 1. The highest BCUT2D eigenvalue weighted by Crippen LogP contribution is 2.27. The van der Waals surface area contributed by atoms with Crippen LogP contribution in [0.3, 0.4) is 0 Å². The number of benzene rings is 1. The number of likely N-dealkylation sites (tertiary alicyclic amines) is 1. The van der Waals surface area contributed by atoms with Gasteiger partial charge in [-0.3, -0.25) is 4.79 Å². The molecule has 2 unspecified atom stereocenters. The van der Waals surface area contributed by atoms with Crippen molar-refractivity contribution in [2.24, 2.45) is 5.92 Å². The van der Waals surface area contributed by atoms with E-state index in [4.69, 9.17) is 5.11 Å². The van der Waals surface area contributed by atoms with Crippen molar-refractivity contribution in [3.63, 3.8) is 0 Å². The molecule has 5 nitrogen and oxygen atoms in total. The molecule has 1 fully saturated rings. The summed E-state index contributed by atoms with van der Waals surface area (Å²) in [7, 11) is 0. The molecule has 1 saturated heterocycles. The average molecular weight is 372 g/mol. The number of carbonyl (C=O) groups is 2. The standard InChI is InChI=1S/C20H24N2O3S/c1-2-4-14-6-8-15(9-7-14)18(17-5-3-12-26-17)21-20(25)22-11-10-16(13-22)19(23)24/h3,5-9,12,16,18H,2,4,10-11,13H2,1H3,(H,21,25)(H,23,24). The SMILES string of the molecule is CCCc1ccc(C(NC(=O)N2CCC(C(=O)O)C2)c2cccs2)cc1. The van der Waals surface area contributed by atoms with Gasteiger partial charge in [0.2, 0.25) is 0 Å². The van der Waals surface area contributed by atoms with E-state index in [1.54, 1.807) is 16.2 Å². The van der Waals surface area contributed by atoms with E-state index >= 15 is 0 Å². The smallest absolute Gasteiger partial charge is 0.318 e. The lowest BCUT2D eigenvalue weighted by Crippen LogP contribution is -2.41. The largest absolute Gasteiger partial charge is 0.481 e. The summed E-state index contributed by atoms with van der Waals surface area (Å²) in [4.78, 5) is 26.5. The summed E-state index contributed by atoms with van der Waals surface area (Å²) < 4.78 is 0. The van der Waals surface area contributed by atoms with Gasteiger partial charge in [-0.2, -0.15) is 0 Å². The maximum atomic E-state index is 12.7. The molecule has 2 aromatic rings. The minimum Gasteiger partial charge on any atom is -0.481 e. The Labute approximate surface area is 157 Å². The van der Waals surface area contributed by atoms with Crippen LogP contribution in [0.5, 0.6) is 0 Å². The van der Waals surface area contributed by atoms with Gasteiger partial charge >= 0.3 is 12.0 Å². The first-order valence-corrected chi connectivity index (χ1v) is 9.87. The molecule has 138 valence electrons. The topological polar surface area (TPSA) is 69.6 Å². The van der Waals surface area contributed by atoms with Gasteiger partial charge in [0.1, 0.15) is 0 Å². The molecular weight excluding hydrogens is 348 g/mol. The molecule has 2 amide bonds. The third kappa shape index (κ3) is 4.25. The van der Waals surface area contributed by atoms with Gasteiger partial charge in [0.05, 0.1) is 12.0 Å². The summed E-state index contributed by atoms with van der Waals surface area (Å²) in [6.07, 6.45) is 2.66. The highest BCUT2D eigenvalue weighted by Gasteiger charge is 2.32. The number of amides is 2. The molecule has 0 bridgehead atoms. The number of aryl methyl sites for hydroxylation is 1. The molecule has 2 atom stereocenters. The summed E-state index contributed by atoms with van der Waals surface area (Å²) >= 11 is 1.60. The second kappa shape index (κ2) is 8.36. The fourth-order valence-electron chi connectivity index (χ4n) is 3.30. The molecule has 0 saturated carbocycles. The monoisotopic (exact) mass is 372 g/mol. The average Bonchev–Trinajstić information content (AvgIpc) is 3.32. The van der Waals surface area contributed by atoms with Gasteiger partial charge in [-0.05, 0) is 35.4 Å². The Morgan fingerprint density at radius 3 is 2.65 bits per heavy atom. The van der Waals surface area contributed by atoms with Crippen LogP contribution in [0.2, 0.25) is 0 Å². The van der Waals surface area contributed by atoms with Gasteiger partial charge < -0.3 is 15.3 Å². The van der Waals surface area contributed by atoms with Crippen LogP contribution in [0.1, 0.15) is 41.8 Å². The summed E-state index contributed by atoms with van der Waals surface area (Å²) in [5, 5.41) is 14.2. The van der Waals surface area contributed by atoms with Crippen LogP contribution in [0.15, 0.2) is 41.8 Å². The van der Waals surface area contributed by atoms with E-state index in [0.717, 1.165) is 23.3 Å². The zero-order valence-corrected chi connectivity index (χ0v) is 15.7. The number of carboxylic acids is 1. The van der Waals surface area contributed by atoms with E-state index in [1.807, 2.05) is 17.5 Å². The number of hydrogen-bond acceptors (Lipinski definition) is 3. The minimum atomic E-state index is -0.832. The number of hydrogen-bond donors (Lipinski definition) is 2. The molecule has 1 aromatic heterocycles. The number of rotatable bonds is 6. The molecule has 3 rings (SSSR count). The second-order valence-corrected chi connectivity index (χ2v) is 7.64. The number of nitrogens with one attached hydrogen (secondary N) is 1. The van der Waals surface area contributed by atoms with Crippen molar-refractivity contribution in [1.82, 2.24) is 10.2 Å². The van der Waals surface area contributed by atoms with E-state index in [2.05, 4.69) is 36.5 Å². The first-order chi connectivity index (χ1) is 12.6. The van der Waals surface area contributed by atoms with Crippen LogP contribution in [0.4, 0.5) is 4.79 Å². The van der Waals surface area contributed by atoms with Crippen LogP contribution < -0.4 is 5.32 Å². The number of carboxylic acid groups (broad SMARTS) is 1. The molecule has 1 aromatic carbocycles. The third-order valence-corrected chi connectivity index (χ3v) is 5.71. The van der Waals surface area contributed by atoms with Crippen LogP contribution in [0.25, 0.3) is 0 Å².